The van der Waals surface area contributed by atoms with E-state index >= 15 is 0 Å². The van der Waals surface area contributed by atoms with Crippen molar-refractivity contribution in [3.63, 3.8) is 0 Å². The van der Waals surface area contributed by atoms with Gasteiger partial charge in [0.1, 0.15) is 11.3 Å². The van der Waals surface area contributed by atoms with Gasteiger partial charge in [-0.3, -0.25) is 4.79 Å². The third-order valence-electron chi connectivity index (χ3n) is 6.26. The molecule has 0 aliphatic carbocycles. The van der Waals surface area contributed by atoms with Gasteiger partial charge in [-0.1, -0.05) is 0 Å². The van der Waals surface area contributed by atoms with Crippen molar-refractivity contribution in [1.29, 1.82) is 0 Å². The standard InChI is InChI=1S/C22H25F3N8O2/c1-30-2-4-32(5-3-30)21(34)14-10-17-20(31-6-8-35-9-7-31)28-19(29-33(17)13-14)15-12-27-18(26)11-16(15)22(23,24)25/h10-13H,2-9H2,1H3,(H2,26,27). The summed E-state index contributed by atoms with van der Waals surface area (Å²) >= 11 is 0. The van der Waals surface area contributed by atoms with E-state index in [1.807, 2.05) is 11.9 Å². The number of nitrogens with two attached hydrogens (primary N) is 1. The minimum absolute atomic E-state index is 0.150. The van der Waals surface area contributed by atoms with Crippen molar-refractivity contribution in [2.45, 2.75) is 6.18 Å². The van der Waals surface area contributed by atoms with E-state index in [0.717, 1.165) is 25.4 Å². The number of likely N-dealkylation sites (N-methyl/N-ethyl adjacent to an activating group) is 1. The van der Waals surface area contributed by atoms with E-state index in [4.69, 9.17) is 10.5 Å². The molecule has 0 bridgehead atoms. The number of carbonyl (C=O) groups is 1. The number of amides is 1. The highest BCUT2D eigenvalue weighted by Crippen LogP contribution is 2.37. The molecule has 5 rings (SSSR count). The largest absolute Gasteiger partial charge is 0.417 e. The summed E-state index contributed by atoms with van der Waals surface area (Å²) in [6, 6.07) is 2.47. The zero-order chi connectivity index (χ0) is 24.7. The van der Waals surface area contributed by atoms with Gasteiger partial charge in [-0.2, -0.15) is 13.2 Å². The molecule has 0 aromatic carbocycles. The van der Waals surface area contributed by atoms with E-state index in [0.29, 0.717) is 56.3 Å². The Morgan fingerprint density at radius 2 is 1.80 bits per heavy atom. The summed E-state index contributed by atoms with van der Waals surface area (Å²) in [4.78, 5) is 27.4. The van der Waals surface area contributed by atoms with Gasteiger partial charge in [-0.05, 0) is 19.2 Å². The first kappa shape index (κ1) is 23.3. The van der Waals surface area contributed by atoms with Crippen LogP contribution in [-0.2, 0) is 10.9 Å². The summed E-state index contributed by atoms with van der Waals surface area (Å²) < 4.78 is 48.3. The topological polar surface area (TPSA) is 105 Å². The van der Waals surface area contributed by atoms with Crippen molar-refractivity contribution in [1.82, 2.24) is 29.4 Å². The first-order valence-electron chi connectivity index (χ1n) is 11.2. The summed E-state index contributed by atoms with van der Waals surface area (Å²) in [5.41, 5.74) is 5.21. The average molecular weight is 490 g/mol. The van der Waals surface area contributed by atoms with Gasteiger partial charge >= 0.3 is 6.18 Å². The molecule has 2 aliphatic rings. The van der Waals surface area contributed by atoms with Gasteiger partial charge in [-0.15, -0.1) is 5.10 Å². The Morgan fingerprint density at radius 1 is 1.09 bits per heavy atom. The van der Waals surface area contributed by atoms with Gasteiger partial charge in [0.25, 0.3) is 5.91 Å². The number of carbonyl (C=O) groups excluding carboxylic acids is 1. The molecule has 1 amide bonds. The molecule has 0 radical (unpaired) electrons. The SMILES string of the molecule is CN1CCN(C(=O)c2cc3c(N4CCOCC4)nc(-c4cnc(N)cc4C(F)(F)F)nn3c2)CC1. The Kier molecular flexibility index (Phi) is 5.97. The molecule has 0 spiro atoms. The Bertz CT molecular complexity index is 1250. The molecule has 0 atom stereocenters. The Hall–Kier alpha value is -3.45. The number of pyridine rings is 1. The van der Waals surface area contributed by atoms with Gasteiger partial charge < -0.3 is 25.2 Å². The molecule has 2 N–H and O–H groups in total. The quantitative estimate of drug-likeness (QED) is 0.591. The second-order valence-electron chi connectivity index (χ2n) is 8.67. The Balaban J connectivity index is 1.62. The number of hydrogen-bond donors (Lipinski definition) is 1. The van der Waals surface area contributed by atoms with E-state index in [1.54, 1.807) is 17.2 Å². The Labute approximate surface area is 199 Å². The summed E-state index contributed by atoms with van der Waals surface area (Å²) in [6.45, 7) is 4.66. The number of nitrogen functional groups attached to an aromatic ring is 1. The first-order valence-corrected chi connectivity index (χ1v) is 11.2. The number of halogens is 3. The van der Waals surface area contributed by atoms with Crippen molar-refractivity contribution in [3.8, 4) is 11.4 Å². The highest BCUT2D eigenvalue weighted by molar-refractivity contribution is 5.96. The lowest BCUT2D eigenvalue weighted by Crippen LogP contribution is -2.47. The van der Waals surface area contributed by atoms with Gasteiger partial charge in [0.05, 0.1) is 29.9 Å². The van der Waals surface area contributed by atoms with E-state index in [-0.39, 0.29) is 23.1 Å². The molecule has 186 valence electrons. The third kappa shape index (κ3) is 4.60. The van der Waals surface area contributed by atoms with Crippen LogP contribution in [0.4, 0.5) is 24.8 Å². The molecular weight excluding hydrogens is 465 g/mol. The summed E-state index contributed by atoms with van der Waals surface area (Å²) in [7, 11) is 2.00. The number of fused-ring (bicyclic) bond motifs is 1. The van der Waals surface area contributed by atoms with E-state index in [9.17, 15) is 18.0 Å². The zero-order valence-corrected chi connectivity index (χ0v) is 19.1. The van der Waals surface area contributed by atoms with Crippen LogP contribution in [0.2, 0.25) is 0 Å². The summed E-state index contributed by atoms with van der Waals surface area (Å²) in [5.74, 6) is -0.131. The number of ether oxygens (including phenoxy) is 1. The molecule has 35 heavy (non-hydrogen) atoms. The zero-order valence-electron chi connectivity index (χ0n) is 19.1. The number of morpholine rings is 1. The van der Waals surface area contributed by atoms with E-state index in [1.165, 1.54) is 4.52 Å². The fraction of sp³-hybridized carbons (Fsp3) is 0.455. The van der Waals surface area contributed by atoms with Crippen LogP contribution in [0.25, 0.3) is 16.9 Å². The summed E-state index contributed by atoms with van der Waals surface area (Å²) in [5, 5.41) is 4.35. The van der Waals surface area contributed by atoms with Gasteiger partial charge in [0.2, 0.25) is 0 Å². The predicted molar refractivity (Wildman–Crippen MR) is 122 cm³/mol. The lowest BCUT2D eigenvalue weighted by molar-refractivity contribution is -0.137. The molecule has 13 heteroatoms. The van der Waals surface area contributed by atoms with Crippen molar-refractivity contribution in [2.24, 2.45) is 0 Å². The number of hydrogen-bond acceptors (Lipinski definition) is 8. The van der Waals surface area contributed by atoms with Crippen LogP contribution < -0.4 is 10.6 Å². The summed E-state index contributed by atoms with van der Waals surface area (Å²) in [6.07, 6.45) is -2.10. The fourth-order valence-electron chi connectivity index (χ4n) is 4.30. The maximum Gasteiger partial charge on any atom is 0.417 e. The normalized spacial score (nSPS) is 17.8. The van der Waals surface area contributed by atoms with Crippen molar-refractivity contribution in [3.05, 3.63) is 35.7 Å². The van der Waals surface area contributed by atoms with E-state index in [2.05, 4.69) is 20.0 Å². The molecule has 2 aliphatic heterocycles. The highest BCUT2D eigenvalue weighted by atomic mass is 19.4. The van der Waals surface area contributed by atoms with Crippen LogP contribution in [0.5, 0.6) is 0 Å². The molecule has 3 aromatic rings. The lowest BCUT2D eigenvalue weighted by Gasteiger charge is -2.32. The molecule has 10 nitrogen and oxygen atoms in total. The van der Waals surface area contributed by atoms with E-state index < -0.39 is 11.7 Å². The van der Waals surface area contributed by atoms with Gasteiger partial charge in [0.15, 0.2) is 11.6 Å². The number of nitrogens with zero attached hydrogens (tertiary/aromatic N) is 7. The number of piperazine rings is 1. The minimum Gasteiger partial charge on any atom is -0.384 e. The van der Waals surface area contributed by atoms with Crippen LogP contribution in [0, 0.1) is 0 Å². The lowest BCUT2D eigenvalue weighted by atomic mass is 10.1. The van der Waals surface area contributed by atoms with Crippen LogP contribution in [0.15, 0.2) is 24.5 Å². The number of alkyl halides is 3. The first-order chi connectivity index (χ1) is 16.7. The van der Waals surface area contributed by atoms with Crippen LogP contribution >= 0.6 is 0 Å². The molecule has 3 aromatic heterocycles. The van der Waals surface area contributed by atoms with Crippen LogP contribution in [0.1, 0.15) is 15.9 Å². The van der Waals surface area contributed by atoms with Crippen molar-refractivity contribution >= 4 is 23.1 Å². The number of aromatic nitrogens is 4. The van der Waals surface area contributed by atoms with Crippen molar-refractivity contribution in [2.75, 3.05) is 70.2 Å². The van der Waals surface area contributed by atoms with Crippen LogP contribution in [0.3, 0.4) is 0 Å². The van der Waals surface area contributed by atoms with Gasteiger partial charge in [0, 0.05) is 51.7 Å². The molecule has 2 fully saturated rings. The molecule has 0 unspecified atom stereocenters. The second-order valence-corrected chi connectivity index (χ2v) is 8.67. The highest BCUT2D eigenvalue weighted by Gasteiger charge is 2.36. The fourth-order valence-corrected chi connectivity index (χ4v) is 4.30. The second kappa shape index (κ2) is 8.96. The smallest absolute Gasteiger partial charge is 0.384 e. The van der Waals surface area contributed by atoms with Gasteiger partial charge in [-0.25, -0.2) is 14.5 Å². The molecule has 2 saturated heterocycles. The molecule has 0 saturated carbocycles. The maximum absolute atomic E-state index is 13.8. The average Bonchev–Trinajstić information content (AvgIpc) is 3.28. The number of anilines is 2. The third-order valence-corrected chi connectivity index (χ3v) is 6.26. The predicted octanol–water partition coefficient (Wildman–Crippen LogP) is 1.62. The minimum atomic E-state index is -4.68. The molecule has 5 heterocycles. The Morgan fingerprint density at radius 3 is 2.49 bits per heavy atom. The monoisotopic (exact) mass is 490 g/mol. The van der Waals surface area contributed by atoms with Crippen molar-refractivity contribution < 1.29 is 22.7 Å². The maximum atomic E-state index is 13.8. The number of rotatable bonds is 3. The van der Waals surface area contributed by atoms with Crippen LogP contribution in [-0.4, -0.2) is 94.8 Å². The molecular formula is C22H25F3N8O2.